The lowest BCUT2D eigenvalue weighted by atomic mass is 10.2. The molecule has 0 aliphatic rings. The molecule has 0 radical (unpaired) electrons. The third kappa shape index (κ3) is 3.91. The molecule has 1 N–H and O–H groups in total. The standard InChI is InChI=1S/C16H14BrClFN5O/c1-2-23-9-12(17)15(22-23)16(25)21-10-6-20-24(7-10)8-11-13(18)4-3-5-14(11)19/h3-7,9H,2,8H2,1H3,(H,21,25). The molecule has 2 heterocycles. The van der Waals surface area contributed by atoms with Crippen LogP contribution in [0.5, 0.6) is 0 Å². The number of benzene rings is 1. The van der Waals surface area contributed by atoms with Crippen molar-refractivity contribution in [3.63, 3.8) is 0 Å². The Bertz CT molecular complexity index is 903. The average molecular weight is 427 g/mol. The SMILES string of the molecule is CCn1cc(Br)c(C(=O)Nc2cnn(Cc3c(F)cccc3Cl)c2)n1. The fraction of sp³-hybridized carbons (Fsp3) is 0.188. The summed E-state index contributed by atoms with van der Waals surface area (Å²) < 4.78 is 17.6. The number of carbonyl (C=O) groups excluding carboxylic acids is 1. The summed E-state index contributed by atoms with van der Waals surface area (Å²) in [6.45, 7) is 2.75. The van der Waals surface area contributed by atoms with Gasteiger partial charge < -0.3 is 5.32 Å². The van der Waals surface area contributed by atoms with Crippen LogP contribution in [-0.4, -0.2) is 25.5 Å². The van der Waals surface area contributed by atoms with Gasteiger partial charge in [0.25, 0.3) is 5.91 Å². The van der Waals surface area contributed by atoms with E-state index in [4.69, 9.17) is 11.6 Å². The summed E-state index contributed by atoms with van der Waals surface area (Å²) in [6.07, 6.45) is 4.82. The van der Waals surface area contributed by atoms with Gasteiger partial charge in [-0.1, -0.05) is 17.7 Å². The van der Waals surface area contributed by atoms with Gasteiger partial charge in [-0.25, -0.2) is 4.39 Å². The quantitative estimate of drug-likeness (QED) is 0.672. The van der Waals surface area contributed by atoms with Crippen LogP contribution in [0.3, 0.4) is 0 Å². The summed E-state index contributed by atoms with van der Waals surface area (Å²) in [6, 6.07) is 4.51. The second kappa shape index (κ2) is 7.37. The van der Waals surface area contributed by atoms with Gasteiger partial charge in [0, 0.05) is 29.5 Å². The number of rotatable bonds is 5. The summed E-state index contributed by atoms with van der Waals surface area (Å²) in [5.74, 6) is -0.759. The Balaban J connectivity index is 1.73. The van der Waals surface area contributed by atoms with E-state index in [1.165, 1.54) is 16.9 Å². The zero-order valence-electron chi connectivity index (χ0n) is 13.2. The number of nitrogens with one attached hydrogen (secondary N) is 1. The van der Waals surface area contributed by atoms with Crippen LogP contribution < -0.4 is 5.32 Å². The van der Waals surface area contributed by atoms with Crippen molar-refractivity contribution in [2.24, 2.45) is 0 Å². The maximum atomic E-state index is 13.8. The van der Waals surface area contributed by atoms with Gasteiger partial charge in [-0.05, 0) is 35.0 Å². The molecule has 9 heteroatoms. The van der Waals surface area contributed by atoms with E-state index in [2.05, 4.69) is 31.4 Å². The largest absolute Gasteiger partial charge is 0.318 e. The highest BCUT2D eigenvalue weighted by Gasteiger charge is 2.16. The number of hydrogen-bond donors (Lipinski definition) is 1. The number of carbonyl (C=O) groups is 1. The van der Waals surface area contributed by atoms with Crippen LogP contribution in [0, 0.1) is 5.82 Å². The molecule has 0 aliphatic carbocycles. The fourth-order valence-electron chi connectivity index (χ4n) is 2.26. The number of halogens is 3. The smallest absolute Gasteiger partial charge is 0.277 e. The van der Waals surface area contributed by atoms with Gasteiger partial charge in [-0.15, -0.1) is 0 Å². The lowest BCUT2D eigenvalue weighted by Crippen LogP contribution is -2.13. The zero-order valence-corrected chi connectivity index (χ0v) is 15.6. The van der Waals surface area contributed by atoms with Gasteiger partial charge in [0.05, 0.1) is 22.9 Å². The van der Waals surface area contributed by atoms with Gasteiger partial charge in [0.1, 0.15) is 5.82 Å². The number of hydrogen-bond acceptors (Lipinski definition) is 3. The zero-order chi connectivity index (χ0) is 18.0. The molecule has 25 heavy (non-hydrogen) atoms. The molecular formula is C16H14BrClFN5O. The van der Waals surface area contributed by atoms with Crippen LogP contribution in [0.15, 0.2) is 41.3 Å². The number of nitrogens with zero attached hydrogens (tertiary/aromatic N) is 4. The Hall–Kier alpha value is -2.19. The first-order valence-electron chi connectivity index (χ1n) is 7.47. The third-order valence-corrected chi connectivity index (χ3v) is 4.46. The molecule has 0 aliphatic heterocycles. The van der Waals surface area contributed by atoms with Crippen molar-refractivity contribution >= 4 is 39.1 Å². The molecule has 1 amide bonds. The van der Waals surface area contributed by atoms with E-state index in [1.807, 2.05) is 6.92 Å². The lowest BCUT2D eigenvalue weighted by Gasteiger charge is -2.05. The van der Waals surface area contributed by atoms with Crippen molar-refractivity contribution in [3.8, 4) is 0 Å². The molecule has 0 fully saturated rings. The number of amides is 1. The van der Waals surface area contributed by atoms with E-state index in [9.17, 15) is 9.18 Å². The third-order valence-electron chi connectivity index (χ3n) is 3.53. The first kappa shape index (κ1) is 17.6. The summed E-state index contributed by atoms with van der Waals surface area (Å²) >= 11 is 9.33. The van der Waals surface area contributed by atoms with Crippen molar-refractivity contribution in [2.45, 2.75) is 20.0 Å². The molecule has 0 atom stereocenters. The molecule has 3 aromatic rings. The Morgan fingerprint density at radius 2 is 2.16 bits per heavy atom. The normalized spacial score (nSPS) is 10.9. The first-order valence-corrected chi connectivity index (χ1v) is 8.64. The van der Waals surface area contributed by atoms with Crippen molar-refractivity contribution in [3.05, 3.63) is 63.4 Å². The number of anilines is 1. The summed E-state index contributed by atoms with van der Waals surface area (Å²) in [7, 11) is 0. The summed E-state index contributed by atoms with van der Waals surface area (Å²) in [5, 5.41) is 11.4. The van der Waals surface area contributed by atoms with Crippen LogP contribution in [0.2, 0.25) is 5.02 Å². The van der Waals surface area contributed by atoms with E-state index >= 15 is 0 Å². The van der Waals surface area contributed by atoms with Crippen LogP contribution in [0.4, 0.5) is 10.1 Å². The van der Waals surface area contributed by atoms with Crippen molar-refractivity contribution < 1.29 is 9.18 Å². The van der Waals surface area contributed by atoms with Gasteiger partial charge in [0.2, 0.25) is 0 Å². The predicted molar refractivity (Wildman–Crippen MR) is 96.3 cm³/mol. The van der Waals surface area contributed by atoms with Gasteiger partial charge >= 0.3 is 0 Å². The molecule has 0 saturated heterocycles. The minimum Gasteiger partial charge on any atom is -0.318 e. The summed E-state index contributed by atoms with van der Waals surface area (Å²) in [5.41, 5.74) is 1.11. The highest BCUT2D eigenvalue weighted by molar-refractivity contribution is 9.10. The van der Waals surface area contributed by atoms with Crippen LogP contribution >= 0.6 is 27.5 Å². The van der Waals surface area contributed by atoms with E-state index in [1.54, 1.807) is 29.2 Å². The Morgan fingerprint density at radius 1 is 1.36 bits per heavy atom. The van der Waals surface area contributed by atoms with Crippen molar-refractivity contribution in [1.82, 2.24) is 19.6 Å². The molecule has 2 aromatic heterocycles. The summed E-state index contributed by atoms with van der Waals surface area (Å²) in [4.78, 5) is 12.3. The molecule has 0 saturated carbocycles. The second-order valence-electron chi connectivity index (χ2n) is 5.26. The molecular weight excluding hydrogens is 413 g/mol. The van der Waals surface area contributed by atoms with Gasteiger partial charge in [0.15, 0.2) is 5.69 Å². The Morgan fingerprint density at radius 3 is 2.84 bits per heavy atom. The lowest BCUT2D eigenvalue weighted by molar-refractivity contribution is 0.102. The minimum absolute atomic E-state index is 0.162. The van der Waals surface area contributed by atoms with Crippen molar-refractivity contribution in [1.29, 1.82) is 0 Å². The van der Waals surface area contributed by atoms with E-state index in [-0.39, 0.29) is 18.1 Å². The first-order chi connectivity index (χ1) is 12.0. The topological polar surface area (TPSA) is 64.7 Å². The number of aryl methyl sites for hydroxylation is 1. The molecule has 1 aromatic carbocycles. The van der Waals surface area contributed by atoms with Gasteiger partial charge in [-0.3, -0.25) is 14.2 Å². The maximum absolute atomic E-state index is 13.8. The second-order valence-corrected chi connectivity index (χ2v) is 6.52. The van der Waals surface area contributed by atoms with Crippen molar-refractivity contribution in [2.75, 3.05) is 5.32 Å². The minimum atomic E-state index is -0.400. The highest BCUT2D eigenvalue weighted by atomic mass is 79.9. The Labute approximate surface area is 156 Å². The van der Waals surface area contributed by atoms with Crippen LogP contribution in [0.1, 0.15) is 23.0 Å². The molecule has 130 valence electrons. The highest BCUT2D eigenvalue weighted by Crippen LogP contribution is 2.21. The van der Waals surface area contributed by atoms with E-state index in [0.29, 0.717) is 27.3 Å². The predicted octanol–water partition coefficient (Wildman–Crippen LogP) is 3.96. The van der Waals surface area contributed by atoms with E-state index < -0.39 is 5.82 Å². The molecule has 0 bridgehead atoms. The van der Waals surface area contributed by atoms with Crippen LogP contribution in [0.25, 0.3) is 0 Å². The van der Waals surface area contributed by atoms with Crippen LogP contribution in [-0.2, 0) is 13.1 Å². The van der Waals surface area contributed by atoms with Gasteiger partial charge in [-0.2, -0.15) is 10.2 Å². The molecule has 0 spiro atoms. The maximum Gasteiger partial charge on any atom is 0.277 e. The van der Waals surface area contributed by atoms with E-state index in [0.717, 1.165) is 0 Å². The average Bonchev–Trinajstić information content (AvgIpc) is 3.17. The Kier molecular flexibility index (Phi) is 5.19. The molecule has 3 rings (SSSR count). The molecule has 0 unspecified atom stereocenters. The molecule has 6 nitrogen and oxygen atoms in total. The fourth-order valence-corrected chi connectivity index (χ4v) is 2.98. The monoisotopic (exact) mass is 425 g/mol. The number of aromatic nitrogens is 4.